The van der Waals surface area contributed by atoms with Crippen molar-refractivity contribution >= 4 is 0 Å². The lowest BCUT2D eigenvalue weighted by Crippen LogP contribution is -2.45. The third kappa shape index (κ3) is 3.02. The lowest BCUT2D eigenvalue weighted by atomic mass is 10.0. The van der Waals surface area contributed by atoms with E-state index in [-0.39, 0.29) is 12.6 Å². The van der Waals surface area contributed by atoms with Gasteiger partial charge in [-0.25, -0.2) is 0 Å². The number of hydrogen-bond donors (Lipinski definition) is 2. The minimum Gasteiger partial charge on any atom is -0.496 e. The van der Waals surface area contributed by atoms with Gasteiger partial charge in [0.05, 0.1) is 7.11 Å². The maximum atomic E-state index is 9.31. The highest BCUT2D eigenvalue weighted by Gasteiger charge is 2.23. The number of aliphatic hydroxyl groups is 1. The topological polar surface area (TPSA) is 44.7 Å². The number of ether oxygens (including phenoxy) is 1. The first-order valence-electron chi connectivity index (χ1n) is 6.55. The van der Waals surface area contributed by atoms with Crippen LogP contribution in [-0.2, 0) is 0 Å². The number of methoxy groups -OCH3 is 1. The van der Waals surface area contributed by atoms with E-state index in [9.17, 15) is 5.11 Å². The van der Waals surface area contributed by atoms with Crippen LogP contribution in [0.4, 0.5) is 0 Å². The monoisotopic (exact) mass is 250 g/mol. The lowest BCUT2D eigenvalue weighted by Gasteiger charge is -2.35. The summed E-state index contributed by atoms with van der Waals surface area (Å²) < 4.78 is 5.44. The summed E-state index contributed by atoms with van der Waals surface area (Å²) >= 11 is 0. The molecule has 0 radical (unpaired) electrons. The van der Waals surface area contributed by atoms with Gasteiger partial charge in [0.15, 0.2) is 0 Å². The Morgan fingerprint density at radius 1 is 1.33 bits per heavy atom. The van der Waals surface area contributed by atoms with Crippen LogP contribution in [0.1, 0.15) is 18.0 Å². The molecule has 0 aromatic heterocycles. The summed E-state index contributed by atoms with van der Waals surface area (Å²) in [5.41, 5.74) is 1.18. The predicted octanol–water partition coefficient (Wildman–Crippen LogP) is 1.02. The summed E-state index contributed by atoms with van der Waals surface area (Å²) in [4.78, 5) is 2.42. The molecule has 1 saturated heterocycles. The molecule has 4 heteroatoms. The van der Waals surface area contributed by atoms with Gasteiger partial charge in [-0.05, 0) is 12.5 Å². The molecule has 1 aromatic rings. The zero-order valence-electron chi connectivity index (χ0n) is 10.9. The molecule has 1 aliphatic rings. The summed E-state index contributed by atoms with van der Waals surface area (Å²) in [6.45, 7) is 4.26. The molecule has 1 heterocycles. The molecular formula is C14H22N2O2. The van der Waals surface area contributed by atoms with Gasteiger partial charge < -0.3 is 15.2 Å². The summed E-state index contributed by atoms with van der Waals surface area (Å²) in [7, 11) is 1.70. The highest BCUT2D eigenvalue weighted by Crippen LogP contribution is 2.31. The van der Waals surface area contributed by atoms with Gasteiger partial charge in [-0.2, -0.15) is 0 Å². The molecule has 1 aliphatic heterocycles. The highest BCUT2D eigenvalue weighted by atomic mass is 16.5. The molecule has 18 heavy (non-hydrogen) atoms. The van der Waals surface area contributed by atoms with E-state index in [0.29, 0.717) is 0 Å². The Hall–Kier alpha value is -1.10. The third-order valence-corrected chi connectivity index (χ3v) is 3.49. The number of piperazine rings is 1. The Labute approximate surface area is 109 Å². The first kappa shape index (κ1) is 13.3. The van der Waals surface area contributed by atoms with Gasteiger partial charge in [0, 0.05) is 44.4 Å². The van der Waals surface area contributed by atoms with E-state index in [1.54, 1.807) is 7.11 Å². The maximum absolute atomic E-state index is 9.31. The van der Waals surface area contributed by atoms with Gasteiger partial charge in [0.25, 0.3) is 0 Å². The van der Waals surface area contributed by atoms with Crippen molar-refractivity contribution in [2.75, 3.05) is 39.9 Å². The molecule has 1 atom stereocenters. The summed E-state index contributed by atoms with van der Waals surface area (Å²) in [6, 6.07) is 8.34. The summed E-state index contributed by atoms with van der Waals surface area (Å²) in [5.74, 6) is 0.912. The molecular weight excluding hydrogens is 228 g/mol. The van der Waals surface area contributed by atoms with Crippen LogP contribution < -0.4 is 10.1 Å². The largest absolute Gasteiger partial charge is 0.496 e. The van der Waals surface area contributed by atoms with Crippen molar-refractivity contribution < 1.29 is 9.84 Å². The fraction of sp³-hybridized carbons (Fsp3) is 0.571. The van der Waals surface area contributed by atoms with E-state index in [1.807, 2.05) is 18.2 Å². The van der Waals surface area contributed by atoms with Crippen LogP contribution in [-0.4, -0.2) is 49.9 Å². The van der Waals surface area contributed by atoms with E-state index in [1.165, 1.54) is 5.56 Å². The Kier molecular flexibility index (Phi) is 4.99. The van der Waals surface area contributed by atoms with Crippen LogP contribution in [0.3, 0.4) is 0 Å². The third-order valence-electron chi connectivity index (χ3n) is 3.49. The fourth-order valence-electron chi connectivity index (χ4n) is 2.59. The van der Waals surface area contributed by atoms with Crippen LogP contribution in [0.5, 0.6) is 5.75 Å². The number of benzene rings is 1. The summed E-state index contributed by atoms with van der Waals surface area (Å²) in [5, 5.41) is 12.7. The normalized spacial score (nSPS) is 18.6. The molecule has 0 spiro atoms. The lowest BCUT2D eigenvalue weighted by molar-refractivity contribution is 0.139. The number of nitrogens with zero attached hydrogens (tertiary/aromatic N) is 1. The molecule has 100 valence electrons. The molecule has 0 amide bonds. The SMILES string of the molecule is COc1ccccc1[C@@H](CCO)N1CCNCC1. The second kappa shape index (κ2) is 6.73. The van der Waals surface area contributed by atoms with E-state index in [4.69, 9.17) is 4.74 Å². The fourth-order valence-corrected chi connectivity index (χ4v) is 2.59. The molecule has 1 fully saturated rings. The quantitative estimate of drug-likeness (QED) is 0.819. The summed E-state index contributed by atoms with van der Waals surface area (Å²) in [6.07, 6.45) is 0.750. The van der Waals surface area contributed by atoms with Crippen molar-refractivity contribution in [3.05, 3.63) is 29.8 Å². The van der Waals surface area contributed by atoms with Crippen molar-refractivity contribution in [1.82, 2.24) is 10.2 Å². The zero-order chi connectivity index (χ0) is 12.8. The van der Waals surface area contributed by atoms with Crippen molar-refractivity contribution in [3.8, 4) is 5.75 Å². The van der Waals surface area contributed by atoms with Gasteiger partial charge in [0.2, 0.25) is 0 Å². The van der Waals surface area contributed by atoms with Crippen molar-refractivity contribution in [3.63, 3.8) is 0 Å². The Balaban J connectivity index is 2.22. The minimum atomic E-state index is 0.201. The number of nitrogens with one attached hydrogen (secondary N) is 1. The second-order valence-corrected chi connectivity index (χ2v) is 4.56. The van der Waals surface area contributed by atoms with Gasteiger partial charge in [-0.1, -0.05) is 18.2 Å². The minimum absolute atomic E-state index is 0.201. The maximum Gasteiger partial charge on any atom is 0.123 e. The molecule has 0 bridgehead atoms. The van der Waals surface area contributed by atoms with Crippen LogP contribution in [0.2, 0.25) is 0 Å². The number of hydrogen-bond acceptors (Lipinski definition) is 4. The van der Waals surface area contributed by atoms with Crippen LogP contribution in [0.25, 0.3) is 0 Å². The second-order valence-electron chi connectivity index (χ2n) is 4.56. The number of aliphatic hydroxyl groups excluding tert-OH is 1. The van der Waals surface area contributed by atoms with Gasteiger partial charge in [0.1, 0.15) is 5.75 Å². The zero-order valence-corrected chi connectivity index (χ0v) is 10.9. The molecule has 2 rings (SSSR count). The molecule has 2 N–H and O–H groups in total. The number of para-hydroxylation sites is 1. The average molecular weight is 250 g/mol. The Morgan fingerprint density at radius 3 is 2.72 bits per heavy atom. The van der Waals surface area contributed by atoms with Crippen molar-refractivity contribution in [1.29, 1.82) is 0 Å². The van der Waals surface area contributed by atoms with E-state index >= 15 is 0 Å². The standard InChI is InChI=1S/C14H22N2O2/c1-18-14-5-3-2-4-12(14)13(6-11-17)16-9-7-15-8-10-16/h2-5,13,15,17H,6-11H2,1H3/t13-/m1/s1. The predicted molar refractivity (Wildman–Crippen MR) is 71.9 cm³/mol. The molecule has 0 aliphatic carbocycles. The first-order valence-corrected chi connectivity index (χ1v) is 6.55. The van der Waals surface area contributed by atoms with Crippen LogP contribution in [0, 0.1) is 0 Å². The van der Waals surface area contributed by atoms with Crippen LogP contribution in [0.15, 0.2) is 24.3 Å². The van der Waals surface area contributed by atoms with Gasteiger partial charge >= 0.3 is 0 Å². The number of rotatable bonds is 5. The molecule has 1 aromatic carbocycles. The van der Waals surface area contributed by atoms with Crippen LogP contribution >= 0.6 is 0 Å². The average Bonchev–Trinajstić information content (AvgIpc) is 2.46. The highest BCUT2D eigenvalue weighted by molar-refractivity contribution is 5.36. The van der Waals surface area contributed by atoms with Gasteiger partial charge in [-0.15, -0.1) is 0 Å². The van der Waals surface area contributed by atoms with E-state index in [2.05, 4.69) is 16.3 Å². The first-order chi connectivity index (χ1) is 8.86. The van der Waals surface area contributed by atoms with E-state index in [0.717, 1.165) is 38.3 Å². The molecule has 4 nitrogen and oxygen atoms in total. The Bertz CT molecular complexity index is 365. The van der Waals surface area contributed by atoms with Crippen molar-refractivity contribution in [2.24, 2.45) is 0 Å². The van der Waals surface area contributed by atoms with Crippen molar-refractivity contribution in [2.45, 2.75) is 12.5 Å². The molecule has 0 unspecified atom stereocenters. The van der Waals surface area contributed by atoms with E-state index < -0.39 is 0 Å². The smallest absolute Gasteiger partial charge is 0.123 e. The van der Waals surface area contributed by atoms with Gasteiger partial charge in [-0.3, -0.25) is 4.90 Å². The Morgan fingerprint density at radius 2 is 2.06 bits per heavy atom. The molecule has 0 saturated carbocycles.